The van der Waals surface area contributed by atoms with E-state index in [1.54, 1.807) is 0 Å². The minimum atomic E-state index is -1.31. The summed E-state index contributed by atoms with van der Waals surface area (Å²) in [5, 5.41) is 3.44. The van der Waals surface area contributed by atoms with Crippen LogP contribution in [0.1, 0.15) is 41.0 Å². The molecule has 1 N–H and O–H groups in total. The molecule has 2 aromatic carbocycles. The quantitative estimate of drug-likeness (QED) is 0.666. The lowest BCUT2D eigenvalue weighted by Gasteiger charge is -2.56. The number of aliphatic imine (C=N–C) groups is 1. The van der Waals surface area contributed by atoms with Crippen molar-refractivity contribution in [3.63, 3.8) is 0 Å². The summed E-state index contributed by atoms with van der Waals surface area (Å²) in [4.78, 5) is 33.8. The molecule has 0 amide bonds. The minimum Gasteiger partial charge on any atom is -0.430 e. The molecule has 0 aromatic heterocycles. The molecule has 0 unspecified atom stereocenters. The van der Waals surface area contributed by atoms with Crippen LogP contribution in [0.25, 0.3) is 0 Å². The molecule has 1 saturated heterocycles. The van der Waals surface area contributed by atoms with Crippen LogP contribution in [0.3, 0.4) is 0 Å². The van der Waals surface area contributed by atoms with Gasteiger partial charge in [-0.2, -0.15) is 4.99 Å². The van der Waals surface area contributed by atoms with E-state index in [0.29, 0.717) is 11.5 Å². The number of anilines is 2. The highest BCUT2D eigenvalue weighted by atomic mass is 16.6. The first-order chi connectivity index (χ1) is 15.6. The second-order valence-corrected chi connectivity index (χ2v) is 10.0. The Morgan fingerprint density at radius 2 is 1.61 bits per heavy atom. The molecule has 2 heterocycles. The first-order valence-corrected chi connectivity index (χ1v) is 11.4. The standard InChI is InChI=1S/C27H29N3O3/c1-17-22(32)18(2)26(5)27(23(17)25(3,4)16-21(31)33-27)29-24(28-19-12-8-6-9-13-19)30(26)20-14-10-7-11-15-20/h6-15,18H,16H2,1-5H3,(H,28,29)/t18-,26+,27+/m1/s1. The van der Waals surface area contributed by atoms with Gasteiger partial charge in [-0.3, -0.25) is 14.5 Å². The van der Waals surface area contributed by atoms with Crippen LogP contribution in [0.2, 0.25) is 0 Å². The Labute approximate surface area is 194 Å². The van der Waals surface area contributed by atoms with E-state index in [1.807, 2.05) is 100 Å². The van der Waals surface area contributed by atoms with E-state index in [2.05, 4.69) is 5.32 Å². The average molecular weight is 444 g/mol. The molecule has 6 nitrogen and oxygen atoms in total. The number of hydrogen-bond acceptors (Lipinski definition) is 6. The summed E-state index contributed by atoms with van der Waals surface area (Å²) >= 11 is 0. The van der Waals surface area contributed by atoms with E-state index in [0.717, 1.165) is 16.9 Å². The fraction of sp³-hybridized carbons (Fsp3) is 0.370. The van der Waals surface area contributed by atoms with Crippen molar-refractivity contribution in [3.8, 4) is 0 Å². The maximum atomic E-state index is 13.6. The minimum absolute atomic E-state index is 0.0613. The second-order valence-electron chi connectivity index (χ2n) is 10.0. The highest BCUT2D eigenvalue weighted by molar-refractivity contribution is 6.12. The fourth-order valence-corrected chi connectivity index (χ4v) is 5.93. The summed E-state index contributed by atoms with van der Waals surface area (Å²) in [6.45, 7) is 9.76. The van der Waals surface area contributed by atoms with Crippen molar-refractivity contribution in [2.24, 2.45) is 16.3 Å². The number of ether oxygens (including phenoxy) is 1. The lowest BCUT2D eigenvalue weighted by molar-refractivity contribution is -0.176. The molecule has 33 heavy (non-hydrogen) atoms. The van der Waals surface area contributed by atoms with Crippen LogP contribution >= 0.6 is 0 Å². The highest BCUT2D eigenvalue weighted by Crippen LogP contribution is 2.60. The van der Waals surface area contributed by atoms with Gasteiger partial charge in [0.25, 0.3) is 5.72 Å². The average Bonchev–Trinajstić information content (AvgIpc) is 3.00. The molecule has 0 saturated carbocycles. The van der Waals surface area contributed by atoms with Gasteiger partial charge in [-0.15, -0.1) is 0 Å². The van der Waals surface area contributed by atoms with Crippen LogP contribution in [-0.4, -0.2) is 29.0 Å². The van der Waals surface area contributed by atoms with Crippen molar-refractivity contribution < 1.29 is 14.3 Å². The number of carbonyl (C=O) groups is 2. The van der Waals surface area contributed by atoms with Crippen LogP contribution in [0.15, 0.2) is 76.8 Å². The summed E-state index contributed by atoms with van der Waals surface area (Å²) < 4.78 is 6.23. The molecule has 3 aliphatic rings. The topological polar surface area (TPSA) is 71.0 Å². The van der Waals surface area contributed by atoms with Crippen LogP contribution in [0.4, 0.5) is 11.4 Å². The number of nitrogens with one attached hydrogen (secondary N) is 1. The van der Waals surface area contributed by atoms with Gasteiger partial charge in [0, 0.05) is 28.3 Å². The number of esters is 1. The number of rotatable bonds is 2. The van der Waals surface area contributed by atoms with Crippen LogP contribution in [0, 0.1) is 11.3 Å². The summed E-state index contributed by atoms with van der Waals surface area (Å²) in [6, 6.07) is 19.6. The highest BCUT2D eigenvalue weighted by Gasteiger charge is 2.72. The summed E-state index contributed by atoms with van der Waals surface area (Å²) in [5.41, 5.74) is 0.350. The Morgan fingerprint density at radius 3 is 2.24 bits per heavy atom. The van der Waals surface area contributed by atoms with Gasteiger partial charge in [-0.05, 0) is 43.7 Å². The number of para-hydroxylation sites is 2. The molecule has 0 radical (unpaired) electrons. The lowest BCUT2D eigenvalue weighted by Crippen LogP contribution is -2.71. The molecule has 1 aliphatic carbocycles. The first kappa shape index (κ1) is 21.4. The van der Waals surface area contributed by atoms with Crippen molar-refractivity contribution in [2.75, 3.05) is 10.2 Å². The third-order valence-corrected chi connectivity index (χ3v) is 7.51. The number of nitrogens with zero attached hydrogens (tertiary/aromatic N) is 2. The van der Waals surface area contributed by atoms with Gasteiger partial charge in [-0.25, -0.2) is 0 Å². The SMILES string of the molecule is CC1=C2C(C)(C)CC(=O)O[C@@]23N=C(Nc2ccccc2)N(c2ccccc2)[C@@]3(C)[C@H](C)C1=O. The number of Topliss-reactive ketones (excluding diaryl/α,β-unsaturated/α-hetero) is 1. The molecule has 1 fully saturated rings. The maximum absolute atomic E-state index is 13.6. The van der Waals surface area contributed by atoms with E-state index < -0.39 is 22.6 Å². The van der Waals surface area contributed by atoms with Crippen molar-refractivity contribution in [2.45, 2.75) is 52.3 Å². The fourth-order valence-electron chi connectivity index (χ4n) is 5.93. The predicted molar refractivity (Wildman–Crippen MR) is 129 cm³/mol. The van der Waals surface area contributed by atoms with Gasteiger partial charge in [0.1, 0.15) is 5.54 Å². The molecule has 5 rings (SSSR count). The number of hydrogen-bond donors (Lipinski definition) is 1. The molecule has 2 aliphatic heterocycles. The first-order valence-electron chi connectivity index (χ1n) is 11.4. The van der Waals surface area contributed by atoms with Gasteiger partial charge >= 0.3 is 5.97 Å². The Hall–Kier alpha value is -3.41. The Morgan fingerprint density at radius 1 is 1.00 bits per heavy atom. The van der Waals surface area contributed by atoms with Crippen LogP contribution < -0.4 is 10.2 Å². The maximum Gasteiger partial charge on any atom is 0.309 e. The zero-order chi connectivity index (χ0) is 23.6. The normalized spacial score (nSPS) is 30.4. The smallest absolute Gasteiger partial charge is 0.309 e. The largest absolute Gasteiger partial charge is 0.430 e. The zero-order valence-corrected chi connectivity index (χ0v) is 19.7. The van der Waals surface area contributed by atoms with Crippen molar-refractivity contribution in [1.29, 1.82) is 0 Å². The van der Waals surface area contributed by atoms with Gasteiger partial charge in [0.2, 0.25) is 5.96 Å². The van der Waals surface area contributed by atoms with Crippen LogP contribution in [0.5, 0.6) is 0 Å². The van der Waals surface area contributed by atoms with Crippen molar-refractivity contribution in [3.05, 3.63) is 71.8 Å². The molecular formula is C27H29N3O3. The van der Waals surface area contributed by atoms with E-state index >= 15 is 0 Å². The summed E-state index contributed by atoms with van der Waals surface area (Å²) in [6.07, 6.45) is 0.210. The number of benzene rings is 2. The molecular weight excluding hydrogens is 414 g/mol. The third-order valence-electron chi connectivity index (χ3n) is 7.51. The van der Waals surface area contributed by atoms with Gasteiger partial charge in [0.15, 0.2) is 5.78 Å². The van der Waals surface area contributed by atoms with Gasteiger partial charge < -0.3 is 10.1 Å². The van der Waals surface area contributed by atoms with E-state index in [4.69, 9.17) is 9.73 Å². The molecule has 1 spiro atoms. The number of ketones is 1. The summed E-state index contributed by atoms with van der Waals surface area (Å²) in [7, 11) is 0. The number of allylic oxidation sites excluding steroid dienone is 1. The second kappa shape index (κ2) is 7.04. The lowest BCUT2D eigenvalue weighted by atomic mass is 9.58. The number of guanidine groups is 1. The predicted octanol–water partition coefficient (Wildman–Crippen LogP) is 4.94. The van der Waals surface area contributed by atoms with E-state index in [9.17, 15) is 9.59 Å². The van der Waals surface area contributed by atoms with E-state index in [-0.39, 0.29) is 18.2 Å². The van der Waals surface area contributed by atoms with Crippen molar-refractivity contribution in [1.82, 2.24) is 0 Å². The Kier molecular flexibility index (Phi) is 4.57. The number of carbonyl (C=O) groups excluding carboxylic acids is 2. The van der Waals surface area contributed by atoms with Crippen molar-refractivity contribution >= 4 is 29.1 Å². The van der Waals surface area contributed by atoms with E-state index in [1.165, 1.54) is 0 Å². The Bertz CT molecular complexity index is 1200. The molecule has 2 aromatic rings. The molecule has 170 valence electrons. The molecule has 0 bridgehead atoms. The Balaban J connectivity index is 1.81. The van der Waals surface area contributed by atoms with Gasteiger partial charge in [-0.1, -0.05) is 57.2 Å². The zero-order valence-electron chi connectivity index (χ0n) is 19.7. The third kappa shape index (κ3) is 2.82. The summed E-state index contributed by atoms with van der Waals surface area (Å²) in [5.74, 6) is -0.164. The van der Waals surface area contributed by atoms with Crippen LogP contribution in [-0.2, 0) is 14.3 Å². The molecule has 6 heteroatoms. The van der Waals surface area contributed by atoms with Gasteiger partial charge in [0.05, 0.1) is 6.42 Å². The monoisotopic (exact) mass is 443 g/mol. The molecule has 3 atom stereocenters.